The number of hydrogen-bond donors (Lipinski definition) is 1. The van der Waals surface area contributed by atoms with Gasteiger partial charge in [0.15, 0.2) is 0 Å². The molecule has 0 fully saturated rings. The molecule has 4 nitrogen and oxygen atoms in total. The van der Waals surface area contributed by atoms with Crippen LogP contribution in [0.3, 0.4) is 0 Å². The summed E-state index contributed by atoms with van der Waals surface area (Å²) in [5.41, 5.74) is 0.743. The van der Waals surface area contributed by atoms with Gasteiger partial charge >= 0.3 is 0 Å². The average Bonchev–Trinajstić information content (AvgIpc) is 2.40. The summed E-state index contributed by atoms with van der Waals surface area (Å²) in [7, 11) is 3.41. The fraction of sp³-hybridized carbons (Fsp3) is 0.429. The first-order chi connectivity index (χ1) is 8.99. The molecule has 1 amide bonds. The molecular formula is C14H18FN3O. The third kappa shape index (κ3) is 4.04. The van der Waals surface area contributed by atoms with Gasteiger partial charge in [-0.1, -0.05) is 6.92 Å². The number of halogens is 1. The van der Waals surface area contributed by atoms with Crippen LogP contribution in [-0.2, 0) is 11.3 Å². The average molecular weight is 263 g/mol. The van der Waals surface area contributed by atoms with Crippen molar-refractivity contribution in [1.82, 2.24) is 10.2 Å². The predicted octanol–water partition coefficient (Wildman–Crippen LogP) is 1.51. The molecule has 0 bridgehead atoms. The van der Waals surface area contributed by atoms with Crippen LogP contribution in [0.15, 0.2) is 18.2 Å². The molecule has 5 heteroatoms. The van der Waals surface area contributed by atoms with E-state index in [-0.39, 0.29) is 18.4 Å². The summed E-state index contributed by atoms with van der Waals surface area (Å²) < 4.78 is 13.6. The van der Waals surface area contributed by atoms with Crippen LogP contribution < -0.4 is 5.32 Å². The first-order valence-electron chi connectivity index (χ1n) is 6.07. The zero-order valence-corrected chi connectivity index (χ0v) is 11.4. The molecule has 1 unspecified atom stereocenters. The smallest absolute Gasteiger partial charge is 0.226 e. The van der Waals surface area contributed by atoms with Gasteiger partial charge in [0.1, 0.15) is 5.82 Å². The fourth-order valence-corrected chi connectivity index (χ4v) is 1.87. The van der Waals surface area contributed by atoms with Crippen LogP contribution in [-0.4, -0.2) is 31.4 Å². The zero-order valence-electron chi connectivity index (χ0n) is 11.4. The van der Waals surface area contributed by atoms with Crippen molar-refractivity contribution in [3.8, 4) is 6.07 Å². The van der Waals surface area contributed by atoms with Crippen molar-refractivity contribution in [2.45, 2.75) is 13.5 Å². The molecule has 1 rings (SSSR count). The van der Waals surface area contributed by atoms with Gasteiger partial charge in [-0.3, -0.25) is 4.79 Å². The minimum Gasteiger partial charge on any atom is -0.341 e. The monoisotopic (exact) mass is 263 g/mol. The third-order valence-electron chi connectivity index (χ3n) is 2.89. The molecular weight excluding hydrogens is 245 g/mol. The van der Waals surface area contributed by atoms with E-state index in [1.807, 2.05) is 13.0 Å². The van der Waals surface area contributed by atoms with Gasteiger partial charge in [-0.15, -0.1) is 0 Å². The number of hydrogen-bond acceptors (Lipinski definition) is 3. The second-order valence-electron chi connectivity index (χ2n) is 4.57. The summed E-state index contributed by atoms with van der Waals surface area (Å²) in [6.45, 7) is 2.55. The van der Waals surface area contributed by atoms with Crippen LogP contribution in [0, 0.1) is 23.1 Å². The molecule has 0 aromatic heterocycles. The zero-order chi connectivity index (χ0) is 14.4. The second kappa shape index (κ2) is 6.86. The van der Waals surface area contributed by atoms with Crippen LogP contribution in [0.25, 0.3) is 0 Å². The van der Waals surface area contributed by atoms with E-state index in [1.54, 1.807) is 14.1 Å². The molecule has 0 heterocycles. The number of carbonyl (C=O) groups excluding carboxylic acids is 1. The Morgan fingerprint density at radius 1 is 1.58 bits per heavy atom. The van der Waals surface area contributed by atoms with Crippen molar-refractivity contribution in [2.24, 2.45) is 5.92 Å². The van der Waals surface area contributed by atoms with E-state index < -0.39 is 5.82 Å². The van der Waals surface area contributed by atoms with Gasteiger partial charge in [-0.25, -0.2) is 4.39 Å². The van der Waals surface area contributed by atoms with Crippen molar-refractivity contribution in [2.75, 3.05) is 20.6 Å². The number of benzene rings is 1. The molecule has 0 spiro atoms. The summed E-state index contributed by atoms with van der Waals surface area (Å²) in [4.78, 5) is 13.5. The van der Waals surface area contributed by atoms with Crippen molar-refractivity contribution in [3.63, 3.8) is 0 Å². The highest BCUT2D eigenvalue weighted by Gasteiger charge is 2.18. The molecule has 0 aliphatic heterocycles. The molecule has 0 saturated carbocycles. The number of nitriles is 1. The Hall–Kier alpha value is -1.93. The fourth-order valence-electron chi connectivity index (χ4n) is 1.87. The van der Waals surface area contributed by atoms with Gasteiger partial charge in [-0.2, -0.15) is 5.26 Å². The first-order valence-corrected chi connectivity index (χ1v) is 6.07. The van der Waals surface area contributed by atoms with Crippen LogP contribution in [0.1, 0.15) is 18.1 Å². The molecule has 0 aliphatic carbocycles. The van der Waals surface area contributed by atoms with Gasteiger partial charge in [0.05, 0.1) is 11.6 Å². The van der Waals surface area contributed by atoms with Crippen LogP contribution in [0.4, 0.5) is 4.39 Å². The van der Waals surface area contributed by atoms with E-state index in [1.165, 1.54) is 23.1 Å². The SMILES string of the molecule is CNCC(C)C(=O)N(C)Cc1cc(C#N)ccc1F. The van der Waals surface area contributed by atoms with E-state index in [2.05, 4.69) is 5.32 Å². The van der Waals surface area contributed by atoms with E-state index in [4.69, 9.17) is 5.26 Å². The largest absolute Gasteiger partial charge is 0.341 e. The quantitative estimate of drug-likeness (QED) is 0.876. The Kier molecular flexibility index (Phi) is 5.46. The Morgan fingerprint density at radius 3 is 2.84 bits per heavy atom. The lowest BCUT2D eigenvalue weighted by molar-refractivity contribution is -0.134. The number of rotatable bonds is 5. The summed E-state index contributed by atoms with van der Waals surface area (Å²) in [5, 5.41) is 11.7. The van der Waals surface area contributed by atoms with E-state index in [9.17, 15) is 9.18 Å². The van der Waals surface area contributed by atoms with Crippen LogP contribution in [0.2, 0.25) is 0 Å². The van der Waals surface area contributed by atoms with Crippen LogP contribution in [0.5, 0.6) is 0 Å². The first kappa shape index (κ1) is 15.1. The lowest BCUT2D eigenvalue weighted by atomic mass is 10.1. The van der Waals surface area contributed by atoms with Gasteiger partial charge < -0.3 is 10.2 Å². The van der Waals surface area contributed by atoms with Crippen molar-refractivity contribution >= 4 is 5.91 Å². The highest BCUT2D eigenvalue weighted by Crippen LogP contribution is 2.13. The number of carbonyl (C=O) groups is 1. The van der Waals surface area contributed by atoms with Crippen molar-refractivity contribution in [1.29, 1.82) is 5.26 Å². The summed E-state index contributed by atoms with van der Waals surface area (Å²) in [5.74, 6) is -0.631. The van der Waals surface area contributed by atoms with Crippen molar-refractivity contribution in [3.05, 3.63) is 35.1 Å². The van der Waals surface area contributed by atoms with Gasteiger partial charge in [0.2, 0.25) is 5.91 Å². The third-order valence-corrected chi connectivity index (χ3v) is 2.89. The Balaban J connectivity index is 2.79. The minimum atomic E-state index is -0.403. The highest BCUT2D eigenvalue weighted by molar-refractivity contribution is 5.78. The van der Waals surface area contributed by atoms with Gasteiger partial charge in [-0.05, 0) is 25.2 Å². The number of nitrogens with zero attached hydrogens (tertiary/aromatic N) is 2. The summed E-state index contributed by atoms with van der Waals surface area (Å²) >= 11 is 0. The lowest BCUT2D eigenvalue weighted by Gasteiger charge is -2.21. The minimum absolute atomic E-state index is 0.0592. The standard InChI is InChI=1S/C14H18FN3O/c1-10(8-17-2)14(19)18(3)9-12-6-11(7-16)4-5-13(12)15/h4-6,10,17H,8-9H2,1-3H3. The maximum absolute atomic E-state index is 13.6. The summed E-state index contributed by atoms with van der Waals surface area (Å²) in [6.07, 6.45) is 0. The van der Waals surface area contributed by atoms with Gasteiger partial charge in [0.25, 0.3) is 0 Å². The lowest BCUT2D eigenvalue weighted by Crippen LogP contribution is -2.35. The molecule has 1 aromatic carbocycles. The van der Waals surface area contributed by atoms with E-state index in [0.29, 0.717) is 17.7 Å². The van der Waals surface area contributed by atoms with Gasteiger partial charge in [0, 0.05) is 31.6 Å². The molecule has 0 aliphatic rings. The molecule has 1 aromatic rings. The van der Waals surface area contributed by atoms with Crippen LogP contribution >= 0.6 is 0 Å². The predicted molar refractivity (Wildman–Crippen MR) is 70.7 cm³/mol. The maximum Gasteiger partial charge on any atom is 0.226 e. The van der Waals surface area contributed by atoms with E-state index >= 15 is 0 Å². The Labute approximate surface area is 112 Å². The number of amides is 1. The Morgan fingerprint density at radius 2 is 2.26 bits per heavy atom. The highest BCUT2D eigenvalue weighted by atomic mass is 19.1. The summed E-state index contributed by atoms with van der Waals surface area (Å²) in [6, 6.07) is 6.11. The van der Waals surface area contributed by atoms with Crippen molar-refractivity contribution < 1.29 is 9.18 Å². The Bertz CT molecular complexity index is 496. The van der Waals surface area contributed by atoms with E-state index in [0.717, 1.165) is 0 Å². The molecule has 0 saturated heterocycles. The molecule has 19 heavy (non-hydrogen) atoms. The second-order valence-corrected chi connectivity index (χ2v) is 4.57. The normalized spacial score (nSPS) is 11.7. The molecule has 0 radical (unpaired) electrons. The topological polar surface area (TPSA) is 56.1 Å². The molecule has 102 valence electrons. The maximum atomic E-state index is 13.6. The molecule has 1 atom stereocenters. The number of nitrogens with one attached hydrogen (secondary N) is 1. The molecule has 1 N–H and O–H groups in total.